The van der Waals surface area contributed by atoms with Gasteiger partial charge in [-0.1, -0.05) is 17.7 Å². The van der Waals surface area contributed by atoms with Crippen molar-refractivity contribution < 1.29 is 14.2 Å². The van der Waals surface area contributed by atoms with Gasteiger partial charge in [-0.15, -0.1) is 12.4 Å². The second kappa shape index (κ2) is 6.52. The fraction of sp³-hybridized carbons (Fsp3) is 0.455. The van der Waals surface area contributed by atoms with Crippen LogP contribution in [0.3, 0.4) is 0 Å². The number of ether oxygens (including phenoxy) is 1. The monoisotopic (exact) mass is 281 g/mol. The van der Waals surface area contributed by atoms with Gasteiger partial charge in [0.2, 0.25) is 0 Å². The van der Waals surface area contributed by atoms with Crippen molar-refractivity contribution in [1.82, 2.24) is 5.32 Å². The van der Waals surface area contributed by atoms with E-state index in [2.05, 4.69) is 5.32 Å². The first-order valence-corrected chi connectivity index (χ1v) is 5.51. The lowest BCUT2D eigenvalue weighted by Gasteiger charge is -2.20. The second-order valence-electron chi connectivity index (χ2n) is 3.74. The van der Waals surface area contributed by atoms with Crippen molar-refractivity contribution in [3.05, 3.63) is 34.6 Å². The van der Waals surface area contributed by atoms with Gasteiger partial charge in [0.05, 0.1) is 17.7 Å². The van der Waals surface area contributed by atoms with E-state index in [1.165, 1.54) is 12.1 Å². The number of aliphatic hydroxyl groups excluding tert-OH is 1. The Morgan fingerprint density at radius 3 is 2.94 bits per heavy atom. The highest BCUT2D eigenvalue weighted by atomic mass is 35.5. The molecule has 0 aliphatic carbocycles. The Kier molecular flexibility index (Phi) is 5.62. The van der Waals surface area contributed by atoms with Gasteiger partial charge in [0.25, 0.3) is 0 Å². The van der Waals surface area contributed by atoms with Gasteiger partial charge in [-0.3, -0.25) is 0 Å². The number of aliphatic hydroxyl groups is 1. The van der Waals surface area contributed by atoms with Crippen molar-refractivity contribution in [1.29, 1.82) is 0 Å². The average Bonchev–Trinajstić information content (AvgIpc) is 2.47. The molecule has 0 unspecified atom stereocenters. The molecular weight excluding hydrogens is 268 g/mol. The molecule has 96 valence electrons. The Balaban J connectivity index is 0.00000144. The Morgan fingerprint density at radius 1 is 1.47 bits per heavy atom. The first-order valence-electron chi connectivity index (χ1n) is 5.14. The Hall–Kier alpha value is -0.390. The molecule has 1 saturated heterocycles. The summed E-state index contributed by atoms with van der Waals surface area (Å²) in [7, 11) is 0. The maximum Gasteiger partial charge on any atom is 0.142 e. The zero-order valence-electron chi connectivity index (χ0n) is 9.03. The Bertz CT molecular complexity index is 378. The van der Waals surface area contributed by atoms with Gasteiger partial charge in [0.1, 0.15) is 11.9 Å². The maximum absolute atomic E-state index is 13.3. The van der Waals surface area contributed by atoms with E-state index < -0.39 is 18.0 Å². The summed E-state index contributed by atoms with van der Waals surface area (Å²) in [5.74, 6) is -0.493. The van der Waals surface area contributed by atoms with Gasteiger partial charge in [-0.2, -0.15) is 0 Å². The van der Waals surface area contributed by atoms with Crippen molar-refractivity contribution in [2.24, 2.45) is 0 Å². The molecule has 1 aliphatic rings. The van der Waals surface area contributed by atoms with Crippen molar-refractivity contribution in [3.8, 4) is 0 Å². The summed E-state index contributed by atoms with van der Waals surface area (Å²) in [6.45, 7) is 1.62. The normalized spacial score (nSPS) is 24.9. The van der Waals surface area contributed by atoms with Gasteiger partial charge in [-0.25, -0.2) is 4.39 Å². The van der Waals surface area contributed by atoms with Gasteiger partial charge >= 0.3 is 0 Å². The molecule has 0 saturated carbocycles. The molecule has 0 bridgehead atoms. The number of β-amino-alcohol motifs (C(OH)–C–C–N with tert-alkyl or cyclic N) is 1. The molecule has 2 atom stereocenters. The van der Waals surface area contributed by atoms with Crippen LogP contribution in [-0.2, 0) is 4.74 Å². The number of benzene rings is 1. The SMILES string of the molecule is Cl.O[C@H]1CNCCO[C@@H]1c1ccc(Cl)c(F)c1. The third-order valence-electron chi connectivity index (χ3n) is 2.55. The molecule has 1 fully saturated rings. The number of hydrogen-bond donors (Lipinski definition) is 2. The van der Waals surface area contributed by atoms with E-state index >= 15 is 0 Å². The van der Waals surface area contributed by atoms with Crippen molar-refractivity contribution in [3.63, 3.8) is 0 Å². The van der Waals surface area contributed by atoms with Crippen molar-refractivity contribution in [2.75, 3.05) is 19.7 Å². The van der Waals surface area contributed by atoms with E-state index in [-0.39, 0.29) is 17.4 Å². The second-order valence-corrected chi connectivity index (χ2v) is 4.14. The molecule has 2 N–H and O–H groups in total. The molecule has 0 aromatic heterocycles. The summed E-state index contributed by atoms with van der Waals surface area (Å²) in [6, 6.07) is 4.45. The van der Waals surface area contributed by atoms with Crippen LogP contribution in [0.1, 0.15) is 11.7 Å². The lowest BCUT2D eigenvalue weighted by Crippen LogP contribution is -2.28. The largest absolute Gasteiger partial charge is 0.389 e. The highest BCUT2D eigenvalue weighted by Gasteiger charge is 2.24. The molecule has 2 rings (SSSR count). The molecule has 0 amide bonds. The Labute approximate surface area is 110 Å². The van der Waals surface area contributed by atoms with Crippen molar-refractivity contribution in [2.45, 2.75) is 12.2 Å². The fourth-order valence-electron chi connectivity index (χ4n) is 1.73. The number of hydrogen-bond acceptors (Lipinski definition) is 3. The average molecular weight is 282 g/mol. The molecule has 0 radical (unpaired) electrons. The van der Waals surface area contributed by atoms with Crippen LogP contribution in [0.5, 0.6) is 0 Å². The lowest BCUT2D eigenvalue weighted by atomic mass is 10.0. The highest BCUT2D eigenvalue weighted by Crippen LogP contribution is 2.25. The zero-order valence-corrected chi connectivity index (χ0v) is 10.6. The molecule has 1 aliphatic heterocycles. The summed E-state index contributed by atoms with van der Waals surface area (Å²) < 4.78 is 18.8. The summed E-state index contributed by atoms with van der Waals surface area (Å²) in [5, 5.41) is 12.9. The smallest absolute Gasteiger partial charge is 0.142 e. The van der Waals surface area contributed by atoms with Crippen LogP contribution in [0.25, 0.3) is 0 Å². The Morgan fingerprint density at radius 2 is 2.24 bits per heavy atom. The summed E-state index contributed by atoms with van der Waals surface area (Å²) >= 11 is 5.60. The molecule has 1 aromatic carbocycles. The topological polar surface area (TPSA) is 41.5 Å². The molecule has 3 nitrogen and oxygen atoms in total. The molecule has 1 aromatic rings. The van der Waals surface area contributed by atoms with Crippen LogP contribution < -0.4 is 5.32 Å². The zero-order chi connectivity index (χ0) is 11.5. The number of halogens is 3. The van der Waals surface area contributed by atoms with Gasteiger partial charge in [0.15, 0.2) is 0 Å². The standard InChI is InChI=1S/C11H13ClFNO2.ClH/c12-8-2-1-7(5-9(8)13)11-10(15)6-14-3-4-16-11;/h1-2,5,10-11,14-15H,3-4,6H2;1H/t10-,11+;/m0./s1. The first-order chi connectivity index (χ1) is 7.68. The molecule has 1 heterocycles. The van der Waals surface area contributed by atoms with Crippen LogP contribution in [0.4, 0.5) is 4.39 Å². The van der Waals surface area contributed by atoms with Gasteiger partial charge in [0, 0.05) is 13.1 Å². The summed E-state index contributed by atoms with van der Waals surface area (Å²) in [4.78, 5) is 0. The van der Waals surface area contributed by atoms with Gasteiger partial charge in [-0.05, 0) is 17.7 Å². The lowest BCUT2D eigenvalue weighted by molar-refractivity contribution is -0.0200. The van der Waals surface area contributed by atoms with E-state index in [1.807, 2.05) is 0 Å². The minimum Gasteiger partial charge on any atom is -0.389 e. The van der Waals surface area contributed by atoms with Crippen LogP contribution in [0, 0.1) is 5.82 Å². The highest BCUT2D eigenvalue weighted by molar-refractivity contribution is 6.30. The third-order valence-corrected chi connectivity index (χ3v) is 2.86. The molecule has 6 heteroatoms. The van der Waals surface area contributed by atoms with Crippen LogP contribution in [0.2, 0.25) is 5.02 Å². The van der Waals surface area contributed by atoms with E-state index in [0.29, 0.717) is 25.3 Å². The van der Waals surface area contributed by atoms with Crippen molar-refractivity contribution >= 4 is 24.0 Å². The molecule has 17 heavy (non-hydrogen) atoms. The minimum atomic E-state index is -0.678. The quantitative estimate of drug-likeness (QED) is 0.827. The predicted molar refractivity (Wildman–Crippen MR) is 66.2 cm³/mol. The minimum absolute atomic E-state index is 0. The maximum atomic E-state index is 13.3. The van der Waals surface area contributed by atoms with E-state index in [0.717, 1.165) is 0 Å². The molecular formula is C11H14Cl2FNO2. The van der Waals surface area contributed by atoms with Gasteiger partial charge < -0.3 is 15.2 Å². The van der Waals surface area contributed by atoms with E-state index in [9.17, 15) is 9.50 Å². The predicted octanol–water partition coefficient (Wildman–Crippen LogP) is 1.92. The van der Waals surface area contributed by atoms with E-state index in [4.69, 9.17) is 16.3 Å². The van der Waals surface area contributed by atoms with Crippen LogP contribution in [-0.4, -0.2) is 30.9 Å². The summed E-state index contributed by atoms with van der Waals surface area (Å²) in [5.41, 5.74) is 0.609. The van der Waals surface area contributed by atoms with Crippen LogP contribution >= 0.6 is 24.0 Å². The fourth-order valence-corrected chi connectivity index (χ4v) is 1.85. The third kappa shape index (κ3) is 3.53. The van der Waals surface area contributed by atoms with Crippen LogP contribution in [0.15, 0.2) is 18.2 Å². The number of rotatable bonds is 1. The first kappa shape index (κ1) is 14.7. The van der Waals surface area contributed by atoms with E-state index in [1.54, 1.807) is 6.07 Å². The number of nitrogens with one attached hydrogen (secondary N) is 1. The molecule has 0 spiro atoms. The summed E-state index contributed by atoms with van der Waals surface area (Å²) in [6.07, 6.45) is -1.18.